The lowest BCUT2D eigenvalue weighted by Gasteiger charge is -2.26. The van der Waals surface area contributed by atoms with Crippen molar-refractivity contribution in [3.8, 4) is 0 Å². The molecule has 3 aromatic rings. The Kier molecular flexibility index (Phi) is 7.76. The van der Waals surface area contributed by atoms with Crippen LogP contribution in [0.1, 0.15) is 47.8 Å². The molecule has 1 amide bonds. The third-order valence-electron chi connectivity index (χ3n) is 6.09. The third kappa shape index (κ3) is 5.72. The van der Waals surface area contributed by atoms with Gasteiger partial charge in [0.25, 0.3) is 5.91 Å². The van der Waals surface area contributed by atoms with Crippen LogP contribution >= 0.6 is 11.8 Å². The maximum absolute atomic E-state index is 13.0. The zero-order valence-electron chi connectivity index (χ0n) is 20.4. The highest BCUT2D eigenvalue weighted by Crippen LogP contribution is 2.42. The summed E-state index contributed by atoms with van der Waals surface area (Å²) in [5.74, 6) is -0.0438. The van der Waals surface area contributed by atoms with Gasteiger partial charge in [0.2, 0.25) is 0 Å². The van der Waals surface area contributed by atoms with Crippen LogP contribution in [0.2, 0.25) is 0 Å². The van der Waals surface area contributed by atoms with Gasteiger partial charge in [0.1, 0.15) is 0 Å². The summed E-state index contributed by atoms with van der Waals surface area (Å²) in [6.45, 7) is 10.8. The molecule has 4 nitrogen and oxygen atoms in total. The number of hydrogen-bond acceptors (Lipinski definition) is 4. The van der Waals surface area contributed by atoms with Crippen molar-refractivity contribution in [3.63, 3.8) is 0 Å². The fraction of sp³-hybridized carbons (Fsp3) is 0.276. The average Bonchev–Trinajstić information content (AvgIpc) is 2.99. The zero-order chi connectivity index (χ0) is 24.1. The van der Waals surface area contributed by atoms with E-state index in [0.717, 1.165) is 29.4 Å². The number of carbonyl (C=O) groups is 1. The largest absolute Gasteiger partial charge is 0.354 e. The lowest BCUT2D eigenvalue weighted by atomic mass is 10.1. The molecule has 0 atom stereocenters. The van der Waals surface area contributed by atoms with Gasteiger partial charge in [0.15, 0.2) is 0 Å². The van der Waals surface area contributed by atoms with Crippen molar-refractivity contribution in [1.29, 1.82) is 0 Å². The number of aryl methyl sites for hydroxylation is 1. The molecular weight excluding hydrogens is 438 g/mol. The van der Waals surface area contributed by atoms with Crippen LogP contribution in [0.5, 0.6) is 0 Å². The predicted molar refractivity (Wildman–Crippen MR) is 143 cm³/mol. The van der Waals surface area contributed by atoms with E-state index in [4.69, 9.17) is 0 Å². The minimum atomic E-state index is -0.0438. The normalized spacial score (nSPS) is 13.9. The summed E-state index contributed by atoms with van der Waals surface area (Å²) in [5, 5.41) is 6.67. The molecule has 0 fully saturated rings. The first-order chi connectivity index (χ1) is 16.4. The highest BCUT2D eigenvalue weighted by Gasteiger charge is 2.19. The standard InChI is InChI=1S/C29H33N3OS/c1-5-25-24-17-21(4)11-13-27(24)34-28-14-12-23(18-26(28)31-25)29(33)30-15-16-32(20(2)3)19-22-9-7-6-8-10-22/h5-14,17-18,20,31H,15-16,19H2,1-4H3,(H,30,33). The van der Waals surface area contributed by atoms with Crippen LogP contribution < -0.4 is 10.6 Å². The van der Waals surface area contributed by atoms with Crippen LogP contribution in [0.3, 0.4) is 0 Å². The Labute approximate surface area is 207 Å². The number of nitrogens with one attached hydrogen (secondary N) is 2. The van der Waals surface area contributed by atoms with E-state index in [1.165, 1.54) is 21.6 Å². The fourth-order valence-corrected chi connectivity index (χ4v) is 5.12. The van der Waals surface area contributed by atoms with Gasteiger partial charge in [-0.1, -0.05) is 59.8 Å². The van der Waals surface area contributed by atoms with Crippen LogP contribution in [0.15, 0.2) is 82.6 Å². The number of allylic oxidation sites excluding steroid dienone is 1. The summed E-state index contributed by atoms with van der Waals surface area (Å²) < 4.78 is 0. The van der Waals surface area contributed by atoms with Crippen molar-refractivity contribution in [2.75, 3.05) is 18.4 Å². The van der Waals surface area contributed by atoms with Gasteiger partial charge in [-0.05, 0) is 63.6 Å². The smallest absolute Gasteiger partial charge is 0.251 e. The molecule has 0 saturated carbocycles. The van der Waals surface area contributed by atoms with Crippen LogP contribution in [0.4, 0.5) is 5.69 Å². The summed E-state index contributed by atoms with van der Waals surface area (Å²) in [6.07, 6.45) is 2.09. The van der Waals surface area contributed by atoms with Gasteiger partial charge in [-0.2, -0.15) is 0 Å². The van der Waals surface area contributed by atoms with Gasteiger partial charge in [-0.15, -0.1) is 0 Å². The maximum Gasteiger partial charge on any atom is 0.251 e. The van der Waals surface area contributed by atoms with E-state index in [0.29, 0.717) is 18.2 Å². The van der Waals surface area contributed by atoms with E-state index in [2.05, 4.69) is 84.8 Å². The molecule has 0 saturated heterocycles. The first-order valence-corrected chi connectivity index (χ1v) is 12.7. The van der Waals surface area contributed by atoms with E-state index >= 15 is 0 Å². The fourth-order valence-electron chi connectivity index (χ4n) is 4.11. The summed E-state index contributed by atoms with van der Waals surface area (Å²) in [4.78, 5) is 17.7. The molecule has 3 aromatic carbocycles. The van der Waals surface area contributed by atoms with Gasteiger partial charge in [0, 0.05) is 52.3 Å². The molecular formula is C29H33N3OS. The van der Waals surface area contributed by atoms with Gasteiger partial charge < -0.3 is 10.6 Å². The molecule has 0 radical (unpaired) electrons. The molecule has 5 heteroatoms. The minimum absolute atomic E-state index is 0.0438. The van der Waals surface area contributed by atoms with Crippen molar-refractivity contribution in [2.45, 2.75) is 50.1 Å². The monoisotopic (exact) mass is 471 g/mol. The number of carbonyl (C=O) groups excluding carboxylic acids is 1. The van der Waals surface area contributed by atoms with Crippen LogP contribution in [0, 0.1) is 6.92 Å². The zero-order valence-corrected chi connectivity index (χ0v) is 21.2. The molecule has 2 N–H and O–H groups in total. The molecule has 1 heterocycles. The third-order valence-corrected chi connectivity index (χ3v) is 7.24. The van der Waals surface area contributed by atoms with Crippen LogP contribution in [-0.2, 0) is 6.54 Å². The SMILES string of the molecule is CC=C1Nc2cc(C(=O)NCCN(Cc3ccccc3)C(C)C)ccc2Sc2ccc(C)cc21. The molecule has 0 aliphatic carbocycles. The van der Waals surface area contributed by atoms with Crippen molar-refractivity contribution >= 4 is 29.1 Å². The van der Waals surface area contributed by atoms with Gasteiger partial charge in [-0.25, -0.2) is 0 Å². The molecule has 1 aliphatic rings. The Balaban J connectivity index is 1.43. The molecule has 34 heavy (non-hydrogen) atoms. The van der Waals surface area contributed by atoms with Crippen molar-refractivity contribution < 1.29 is 4.79 Å². The molecule has 0 spiro atoms. The number of fused-ring (bicyclic) bond motifs is 2. The number of rotatable bonds is 7. The van der Waals surface area contributed by atoms with E-state index < -0.39 is 0 Å². The number of amides is 1. The number of hydrogen-bond donors (Lipinski definition) is 2. The molecule has 0 unspecified atom stereocenters. The van der Waals surface area contributed by atoms with E-state index in [1.54, 1.807) is 11.8 Å². The summed E-state index contributed by atoms with van der Waals surface area (Å²) in [7, 11) is 0. The molecule has 0 aromatic heterocycles. The highest BCUT2D eigenvalue weighted by atomic mass is 32.2. The first kappa shape index (κ1) is 24.1. The average molecular weight is 472 g/mol. The van der Waals surface area contributed by atoms with Gasteiger partial charge >= 0.3 is 0 Å². The van der Waals surface area contributed by atoms with Crippen molar-refractivity contribution in [1.82, 2.24) is 10.2 Å². The van der Waals surface area contributed by atoms with E-state index in [1.807, 2.05) is 31.2 Å². The topological polar surface area (TPSA) is 44.4 Å². The quantitative estimate of drug-likeness (QED) is 0.409. The first-order valence-electron chi connectivity index (χ1n) is 11.9. The lowest BCUT2D eigenvalue weighted by Crippen LogP contribution is -2.38. The second kappa shape index (κ2) is 10.9. The summed E-state index contributed by atoms with van der Waals surface area (Å²) in [6, 6.07) is 23.3. The number of anilines is 1. The number of nitrogens with zero attached hydrogens (tertiary/aromatic N) is 1. The van der Waals surface area contributed by atoms with Crippen molar-refractivity contribution in [2.24, 2.45) is 0 Å². The molecule has 1 aliphatic heterocycles. The Morgan fingerprint density at radius 3 is 2.56 bits per heavy atom. The van der Waals surface area contributed by atoms with E-state index in [9.17, 15) is 4.79 Å². The van der Waals surface area contributed by atoms with E-state index in [-0.39, 0.29) is 5.91 Å². The molecule has 0 bridgehead atoms. The summed E-state index contributed by atoms with van der Waals surface area (Å²) >= 11 is 1.74. The van der Waals surface area contributed by atoms with Crippen LogP contribution in [0.25, 0.3) is 5.70 Å². The lowest BCUT2D eigenvalue weighted by molar-refractivity contribution is 0.0944. The Hall–Kier alpha value is -3.02. The Morgan fingerprint density at radius 1 is 1.06 bits per heavy atom. The number of benzene rings is 3. The Bertz CT molecular complexity index is 1190. The van der Waals surface area contributed by atoms with Gasteiger partial charge in [0.05, 0.1) is 5.69 Å². The second-order valence-electron chi connectivity index (χ2n) is 8.95. The second-order valence-corrected chi connectivity index (χ2v) is 10.0. The Morgan fingerprint density at radius 2 is 1.82 bits per heavy atom. The summed E-state index contributed by atoms with van der Waals surface area (Å²) in [5.41, 5.74) is 6.41. The molecule has 4 rings (SSSR count). The minimum Gasteiger partial charge on any atom is -0.354 e. The predicted octanol–water partition coefficient (Wildman–Crippen LogP) is 6.57. The molecule has 176 valence electrons. The van der Waals surface area contributed by atoms with Crippen LogP contribution in [-0.4, -0.2) is 29.9 Å². The van der Waals surface area contributed by atoms with Crippen molar-refractivity contribution in [3.05, 3.63) is 95.1 Å². The maximum atomic E-state index is 13.0. The highest BCUT2D eigenvalue weighted by molar-refractivity contribution is 7.99. The van der Waals surface area contributed by atoms with Gasteiger partial charge in [-0.3, -0.25) is 9.69 Å².